The van der Waals surface area contributed by atoms with E-state index in [-0.39, 0.29) is 5.57 Å². The molecule has 0 bridgehead atoms. The first-order valence-electron chi connectivity index (χ1n) is 7.32. The zero-order valence-corrected chi connectivity index (χ0v) is 12.7. The summed E-state index contributed by atoms with van der Waals surface area (Å²) in [7, 11) is 1.58. The van der Waals surface area contributed by atoms with Gasteiger partial charge in [-0.1, -0.05) is 6.07 Å². The lowest BCUT2D eigenvalue weighted by Gasteiger charge is -2.16. The standard InChI is InChI=1S/C17H19N3O2/c1-21-17-11-14(10-15(12-18)13-19)4-5-16(17)22-9-8-20-6-2-3-7-20/h4-5,10-11H,2-3,6-9H2,1H3. The minimum atomic E-state index is 0.0600. The number of methoxy groups -OCH3 is 1. The van der Waals surface area contributed by atoms with Gasteiger partial charge in [-0.25, -0.2) is 0 Å². The topological polar surface area (TPSA) is 69.3 Å². The minimum Gasteiger partial charge on any atom is -0.493 e. The zero-order valence-electron chi connectivity index (χ0n) is 12.7. The second-order valence-corrected chi connectivity index (χ2v) is 5.09. The monoisotopic (exact) mass is 297 g/mol. The van der Waals surface area contributed by atoms with Gasteiger partial charge in [0.1, 0.15) is 24.3 Å². The van der Waals surface area contributed by atoms with E-state index in [4.69, 9.17) is 20.0 Å². The molecule has 1 aliphatic rings. The van der Waals surface area contributed by atoms with Crippen LogP contribution < -0.4 is 9.47 Å². The lowest BCUT2D eigenvalue weighted by molar-refractivity contribution is 0.230. The first kappa shape index (κ1) is 15.9. The van der Waals surface area contributed by atoms with Gasteiger partial charge in [-0.05, 0) is 49.7 Å². The van der Waals surface area contributed by atoms with Crippen molar-refractivity contribution in [3.05, 3.63) is 29.3 Å². The van der Waals surface area contributed by atoms with Gasteiger partial charge in [0.25, 0.3) is 0 Å². The van der Waals surface area contributed by atoms with Crippen LogP contribution in [0.1, 0.15) is 18.4 Å². The highest BCUT2D eigenvalue weighted by Crippen LogP contribution is 2.29. The van der Waals surface area contributed by atoms with Gasteiger partial charge in [-0.2, -0.15) is 10.5 Å². The highest BCUT2D eigenvalue weighted by Gasteiger charge is 2.12. The fourth-order valence-electron chi connectivity index (χ4n) is 2.44. The summed E-state index contributed by atoms with van der Waals surface area (Å²) in [6.07, 6.45) is 4.06. The van der Waals surface area contributed by atoms with Crippen molar-refractivity contribution in [3.63, 3.8) is 0 Å². The summed E-state index contributed by atoms with van der Waals surface area (Å²) < 4.78 is 11.1. The number of benzene rings is 1. The molecule has 0 amide bonds. The van der Waals surface area contributed by atoms with Crippen LogP contribution in [0, 0.1) is 22.7 Å². The number of hydrogen-bond acceptors (Lipinski definition) is 5. The van der Waals surface area contributed by atoms with Crippen molar-refractivity contribution in [3.8, 4) is 23.6 Å². The molecule has 0 N–H and O–H groups in total. The van der Waals surface area contributed by atoms with Crippen molar-refractivity contribution in [2.24, 2.45) is 0 Å². The van der Waals surface area contributed by atoms with Gasteiger partial charge in [0.15, 0.2) is 11.5 Å². The van der Waals surface area contributed by atoms with Crippen LogP contribution in [0.15, 0.2) is 23.8 Å². The van der Waals surface area contributed by atoms with Crippen molar-refractivity contribution in [2.45, 2.75) is 12.8 Å². The number of ether oxygens (including phenoxy) is 2. The van der Waals surface area contributed by atoms with Gasteiger partial charge in [0, 0.05) is 6.54 Å². The second kappa shape index (κ2) is 8.07. The normalized spacial score (nSPS) is 14.0. The Bertz CT molecular complexity index is 604. The van der Waals surface area contributed by atoms with Gasteiger partial charge in [-0.15, -0.1) is 0 Å². The lowest BCUT2D eigenvalue weighted by atomic mass is 10.1. The van der Waals surface area contributed by atoms with Crippen LogP contribution in [-0.4, -0.2) is 38.3 Å². The first-order chi connectivity index (χ1) is 10.8. The van der Waals surface area contributed by atoms with Crippen LogP contribution in [0.4, 0.5) is 0 Å². The van der Waals surface area contributed by atoms with E-state index in [0.29, 0.717) is 18.1 Å². The third-order valence-corrected chi connectivity index (χ3v) is 3.60. The Kier molecular flexibility index (Phi) is 5.82. The smallest absolute Gasteiger partial charge is 0.161 e. The fourth-order valence-corrected chi connectivity index (χ4v) is 2.44. The Balaban J connectivity index is 2.01. The number of allylic oxidation sites excluding steroid dienone is 1. The van der Waals surface area contributed by atoms with E-state index in [1.54, 1.807) is 19.2 Å². The lowest BCUT2D eigenvalue weighted by Crippen LogP contribution is -2.25. The molecule has 22 heavy (non-hydrogen) atoms. The summed E-state index contributed by atoms with van der Waals surface area (Å²) in [6, 6.07) is 9.06. The average Bonchev–Trinajstić information content (AvgIpc) is 3.06. The molecule has 0 atom stereocenters. The van der Waals surface area contributed by atoms with Crippen LogP contribution in [0.3, 0.4) is 0 Å². The Labute approximate surface area is 131 Å². The maximum atomic E-state index is 8.79. The van der Waals surface area contributed by atoms with E-state index in [0.717, 1.165) is 25.2 Å². The third kappa shape index (κ3) is 4.25. The van der Waals surface area contributed by atoms with Crippen molar-refractivity contribution in [1.29, 1.82) is 10.5 Å². The maximum absolute atomic E-state index is 8.79. The highest BCUT2D eigenvalue weighted by atomic mass is 16.5. The largest absolute Gasteiger partial charge is 0.493 e. The summed E-state index contributed by atoms with van der Waals surface area (Å²) in [5, 5.41) is 17.6. The molecule has 0 aliphatic carbocycles. The predicted molar refractivity (Wildman–Crippen MR) is 83.4 cm³/mol. The van der Waals surface area contributed by atoms with Crippen LogP contribution in [0.2, 0.25) is 0 Å². The van der Waals surface area contributed by atoms with Gasteiger partial charge >= 0.3 is 0 Å². The number of nitrogens with zero attached hydrogens (tertiary/aromatic N) is 3. The molecule has 0 radical (unpaired) electrons. The van der Waals surface area contributed by atoms with Crippen molar-refractivity contribution >= 4 is 6.08 Å². The molecule has 5 heteroatoms. The quantitative estimate of drug-likeness (QED) is 0.755. The summed E-state index contributed by atoms with van der Waals surface area (Å²) in [6.45, 7) is 3.83. The Morgan fingerprint density at radius 3 is 2.59 bits per heavy atom. The van der Waals surface area contributed by atoms with Gasteiger partial charge < -0.3 is 9.47 Å². The molecule has 1 saturated heterocycles. The highest BCUT2D eigenvalue weighted by molar-refractivity contribution is 5.64. The summed E-state index contributed by atoms with van der Waals surface area (Å²) in [5.41, 5.74) is 0.798. The van der Waals surface area contributed by atoms with Gasteiger partial charge in [0.2, 0.25) is 0 Å². The van der Waals surface area contributed by atoms with E-state index in [2.05, 4.69) is 4.90 Å². The number of nitriles is 2. The zero-order chi connectivity index (χ0) is 15.8. The average molecular weight is 297 g/mol. The van der Waals surface area contributed by atoms with Crippen LogP contribution >= 0.6 is 0 Å². The molecule has 1 aromatic carbocycles. The maximum Gasteiger partial charge on any atom is 0.161 e. The Morgan fingerprint density at radius 1 is 1.23 bits per heavy atom. The van der Waals surface area contributed by atoms with E-state index < -0.39 is 0 Å². The second-order valence-electron chi connectivity index (χ2n) is 5.09. The minimum absolute atomic E-state index is 0.0600. The molecular formula is C17H19N3O2. The summed E-state index contributed by atoms with van der Waals surface area (Å²) >= 11 is 0. The fraction of sp³-hybridized carbons (Fsp3) is 0.412. The Morgan fingerprint density at radius 2 is 1.95 bits per heavy atom. The van der Waals surface area contributed by atoms with Crippen molar-refractivity contribution in [2.75, 3.05) is 33.4 Å². The SMILES string of the molecule is COc1cc(C=C(C#N)C#N)ccc1OCCN1CCCC1. The van der Waals surface area contributed by atoms with Crippen molar-refractivity contribution < 1.29 is 9.47 Å². The van der Waals surface area contributed by atoms with E-state index in [1.807, 2.05) is 18.2 Å². The van der Waals surface area contributed by atoms with Gasteiger partial charge in [0.05, 0.1) is 7.11 Å². The molecule has 0 unspecified atom stereocenters. The van der Waals surface area contributed by atoms with E-state index >= 15 is 0 Å². The van der Waals surface area contributed by atoms with Crippen molar-refractivity contribution in [1.82, 2.24) is 4.90 Å². The van der Waals surface area contributed by atoms with Crippen LogP contribution in [-0.2, 0) is 0 Å². The Hall–Kier alpha value is -2.50. The molecule has 1 aliphatic heterocycles. The molecule has 5 nitrogen and oxygen atoms in total. The summed E-state index contributed by atoms with van der Waals surface area (Å²) in [4.78, 5) is 2.38. The molecule has 2 rings (SSSR count). The molecule has 1 fully saturated rings. The molecule has 1 aromatic rings. The van der Waals surface area contributed by atoms with Gasteiger partial charge in [-0.3, -0.25) is 4.90 Å². The van der Waals surface area contributed by atoms with E-state index in [9.17, 15) is 0 Å². The molecule has 0 spiro atoms. The predicted octanol–water partition coefficient (Wildman–Crippen LogP) is 2.60. The number of hydrogen-bond donors (Lipinski definition) is 0. The first-order valence-corrected chi connectivity index (χ1v) is 7.32. The third-order valence-electron chi connectivity index (χ3n) is 3.60. The van der Waals surface area contributed by atoms with Crippen LogP contribution in [0.5, 0.6) is 11.5 Å². The number of rotatable bonds is 6. The molecule has 1 heterocycles. The van der Waals surface area contributed by atoms with E-state index in [1.165, 1.54) is 18.9 Å². The molecule has 0 aromatic heterocycles. The number of likely N-dealkylation sites (tertiary alicyclic amines) is 1. The molecule has 114 valence electrons. The van der Waals surface area contributed by atoms with Crippen LogP contribution in [0.25, 0.3) is 6.08 Å². The summed E-state index contributed by atoms with van der Waals surface area (Å²) in [5.74, 6) is 1.28. The molecular weight excluding hydrogens is 278 g/mol. The molecule has 0 saturated carbocycles.